The molecule has 61 heavy (non-hydrogen) atoms. The molecule has 3 aromatic carbocycles. The second-order valence-electron chi connectivity index (χ2n) is 15.3. The van der Waals surface area contributed by atoms with Crippen molar-refractivity contribution in [3.63, 3.8) is 0 Å². The molecule has 0 radical (unpaired) electrons. The summed E-state index contributed by atoms with van der Waals surface area (Å²) in [6.45, 7) is 18.2. The number of fused-ring (bicyclic) bond motifs is 2. The van der Waals surface area contributed by atoms with Crippen LogP contribution >= 0.6 is 12.2 Å². The average Bonchev–Trinajstić information content (AvgIpc) is 3.25. The number of thiocarbonyl (C=S) groups is 1. The number of aromatic hydroxyl groups is 1. The number of benzene rings is 4. The molecule has 0 fully saturated rings. The number of para-hydroxylation sites is 1. The van der Waals surface area contributed by atoms with E-state index in [2.05, 4.69) is 65.0 Å². The fourth-order valence-corrected chi connectivity index (χ4v) is 6.78. The molecule has 0 aromatic heterocycles. The molecule has 0 bridgehead atoms. The monoisotopic (exact) mass is 852 g/mol. The molecule has 6 rings (SSSR count). The van der Waals surface area contributed by atoms with Gasteiger partial charge in [-0.05, 0) is 45.0 Å². The van der Waals surface area contributed by atoms with Gasteiger partial charge in [-0.3, -0.25) is 9.78 Å². The number of carbonyl (C=O) groups is 1. The van der Waals surface area contributed by atoms with Crippen molar-refractivity contribution >= 4 is 47.0 Å². The molecule has 0 saturated carbocycles. The van der Waals surface area contributed by atoms with Gasteiger partial charge in [0.25, 0.3) is 0 Å². The van der Waals surface area contributed by atoms with Crippen LogP contribution < -0.4 is 41.1 Å². The van der Waals surface area contributed by atoms with E-state index in [4.69, 9.17) is 40.6 Å². The van der Waals surface area contributed by atoms with Gasteiger partial charge < -0.3 is 9.25 Å². The average molecular weight is 853 g/mol. The molecule has 0 spiro atoms. The van der Waals surface area contributed by atoms with E-state index in [1.165, 1.54) is 12.5 Å². The summed E-state index contributed by atoms with van der Waals surface area (Å²) < 4.78 is 20.4. The molecule has 1 unspecified atom stereocenters. The van der Waals surface area contributed by atoms with Crippen molar-refractivity contribution in [3.8, 4) is 39.7 Å². The summed E-state index contributed by atoms with van der Waals surface area (Å²) in [5, 5.41) is 21.4. The van der Waals surface area contributed by atoms with Gasteiger partial charge in [0.15, 0.2) is 11.5 Å². The summed E-state index contributed by atoms with van der Waals surface area (Å²) in [6.07, 6.45) is 1.65. The van der Waals surface area contributed by atoms with Crippen molar-refractivity contribution < 1.29 is 38.3 Å². The number of hydrogen-bond donors (Lipinski definition) is 5. The Morgan fingerprint density at radius 1 is 0.984 bits per heavy atom. The standard InChI is InChI=1S/C27H29N2O5.C19H30BN3O3S/c1-5-28-32-20-13-15-23-26(17-20)31-25-16-19(29(6-2)7-3)12-14-22(25)27(23)21-10-8-9-11-24(21)34-33-18(4)30;1-18(2,13-23-17(27)21-4)25-12-10-19(3)16(20-26-19)22-11-9-14-5-7-15(24)8-6-14/h8-17,28H,5-7H2,1-4H3;5-8,22,24H,9-13H2,1-4H3,(H2,21,23,27)/q+1;. The molecule has 15 heteroatoms. The van der Waals surface area contributed by atoms with E-state index in [9.17, 15) is 9.90 Å². The van der Waals surface area contributed by atoms with E-state index in [1.54, 1.807) is 32.4 Å². The Hall–Kier alpha value is -5.64. The van der Waals surface area contributed by atoms with E-state index in [-0.39, 0.29) is 11.2 Å². The predicted molar refractivity (Wildman–Crippen MR) is 246 cm³/mol. The molecule has 1 aliphatic carbocycles. The molecule has 2 heterocycles. The molecular formula is C46H59BN5O8S+. The van der Waals surface area contributed by atoms with E-state index in [0.717, 1.165) is 71.3 Å². The molecule has 5 N–H and O–H groups in total. The van der Waals surface area contributed by atoms with Gasteiger partial charge in [-0.1, -0.05) is 18.2 Å². The van der Waals surface area contributed by atoms with Crippen LogP contribution in [0.1, 0.15) is 60.5 Å². The van der Waals surface area contributed by atoms with Crippen molar-refractivity contribution in [2.24, 2.45) is 0 Å². The molecule has 0 amide bonds. The molecule has 13 nitrogen and oxygen atoms in total. The van der Waals surface area contributed by atoms with Gasteiger partial charge in [0.2, 0.25) is 5.36 Å². The summed E-state index contributed by atoms with van der Waals surface area (Å²) in [5.74, 6) is 1.58. The van der Waals surface area contributed by atoms with Crippen LogP contribution in [0.2, 0.25) is 0 Å². The van der Waals surface area contributed by atoms with E-state index < -0.39 is 5.97 Å². The Balaban J connectivity index is 0.000000238. The summed E-state index contributed by atoms with van der Waals surface area (Å²) in [6, 6.07) is 26.7. The number of rotatable bonds is 18. The van der Waals surface area contributed by atoms with Gasteiger partial charge in [-0.15, -0.1) is 0 Å². The van der Waals surface area contributed by atoms with Crippen molar-refractivity contribution in [2.75, 3.05) is 46.4 Å². The first-order chi connectivity index (χ1) is 29.3. The summed E-state index contributed by atoms with van der Waals surface area (Å²) in [7, 11) is 3.56. The zero-order chi connectivity index (χ0) is 44.0. The third-order valence-electron chi connectivity index (χ3n) is 10.2. The van der Waals surface area contributed by atoms with Crippen molar-refractivity contribution in [3.05, 3.63) is 95.8 Å². The van der Waals surface area contributed by atoms with Crippen LogP contribution in [-0.4, -0.2) is 86.5 Å². The third kappa shape index (κ3) is 12.7. The molecule has 2 aliphatic heterocycles. The number of hydroxylamine groups is 1. The van der Waals surface area contributed by atoms with Crippen LogP contribution in [0.15, 0.2) is 89.3 Å². The van der Waals surface area contributed by atoms with Crippen LogP contribution in [0.3, 0.4) is 0 Å². The van der Waals surface area contributed by atoms with Crippen LogP contribution in [0.4, 0.5) is 0 Å². The molecular weight excluding hydrogens is 793 g/mol. The van der Waals surface area contributed by atoms with Crippen molar-refractivity contribution in [2.45, 2.75) is 72.5 Å². The van der Waals surface area contributed by atoms with Gasteiger partial charge in [-0.2, -0.15) is 5.48 Å². The Kier molecular flexibility index (Phi) is 16.6. The molecule has 324 valence electrons. The van der Waals surface area contributed by atoms with Crippen LogP contribution in [0.5, 0.6) is 17.2 Å². The second-order valence-corrected chi connectivity index (χ2v) is 15.7. The Morgan fingerprint density at radius 2 is 1.74 bits per heavy atom. The predicted octanol–water partition coefficient (Wildman–Crippen LogP) is 6.12. The Morgan fingerprint density at radius 3 is 2.41 bits per heavy atom. The van der Waals surface area contributed by atoms with Gasteiger partial charge in [0, 0.05) is 47.7 Å². The van der Waals surface area contributed by atoms with Gasteiger partial charge in [0.1, 0.15) is 24.4 Å². The van der Waals surface area contributed by atoms with E-state index >= 15 is 0 Å². The first kappa shape index (κ1) is 46.4. The number of phenols is 1. The van der Waals surface area contributed by atoms with Crippen molar-refractivity contribution in [1.82, 2.24) is 26.0 Å². The number of nitrogens with one attached hydrogen (secondary N) is 4. The van der Waals surface area contributed by atoms with E-state index in [0.29, 0.717) is 47.6 Å². The zero-order valence-electron chi connectivity index (χ0n) is 36.5. The minimum absolute atomic E-state index is 0.292. The van der Waals surface area contributed by atoms with Crippen molar-refractivity contribution in [1.29, 1.82) is 0 Å². The first-order valence-electron chi connectivity index (χ1n) is 20.7. The van der Waals surface area contributed by atoms with Gasteiger partial charge >= 0.3 is 174 Å². The maximum absolute atomic E-state index is 11.4. The number of phenolic OH excluding ortho intramolecular Hbond substituents is 1. The third-order valence-corrected chi connectivity index (χ3v) is 10.5. The molecule has 3 aromatic rings. The van der Waals surface area contributed by atoms with Gasteiger partial charge in [-0.25, -0.2) is 9.37 Å². The zero-order valence-corrected chi connectivity index (χ0v) is 37.3. The van der Waals surface area contributed by atoms with Crippen LogP contribution in [0.25, 0.3) is 33.4 Å². The fraction of sp³-hybridized carbons (Fsp3) is 0.391. The minimum atomic E-state index is -0.526. The Labute approximate surface area is 364 Å². The normalized spacial score (nSPS) is 14.3. The first-order valence-corrected chi connectivity index (χ1v) is 21.1. The fourth-order valence-electron chi connectivity index (χ4n) is 6.70. The molecule has 0 saturated heterocycles. The topological polar surface area (TPSA) is 148 Å². The summed E-state index contributed by atoms with van der Waals surface area (Å²) in [5.41, 5.74) is 7.77. The van der Waals surface area contributed by atoms with Crippen LogP contribution in [0, 0.1) is 0 Å². The number of carbonyl (C=O) groups excluding carboxylic acids is 1. The molecule has 1 atom stereocenters. The SMILES string of the molecule is CCNOc1ccc2c(-c3ccccc3OOC(C)=O)c3ccc(=[N+](CC)CC)cc-3oc2c1.CNC(=S)NCC(C)(C)OCCC1(C)OB=C1NCCc1ccc(O)cc1. The second kappa shape index (κ2) is 21.8. The number of hydrogen-bond acceptors (Lipinski definition) is 11. The maximum atomic E-state index is 11.4. The number of ether oxygens (including phenoxy) is 1. The van der Waals surface area contributed by atoms with E-state index in [1.807, 2.05) is 69.3 Å². The number of nitrogens with zero attached hydrogens (tertiary/aromatic N) is 1. The summed E-state index contributed by atoms with van der Waals surface area (Å²) in [4.78, 5) is 27.3. The van der Waals surface area contributed by atoms with Gasteiger partial charge in [0.05, 0.1) is 6.07 Å². The quantitative estimate of drug-likeness (QED) is 0.0173. The molecule has 3 aliphatic rings. The Bertz CT molecular complexity index is 2330. The summed E-state index contributed by atoms with van der Waals surface area (Å²) >= 11 is 5.09. The van der Waals surface area contributed by atoms with Crippen LogP contribution in [-0.2, 0) is 25.5 Å².